The molecule has 3 aliphatic rings. The van der Waals surface area contributed by atoms with E-state index in [1.807, 2.05) is 18.2 Å². The molecule has 118 valence electrons. The molecule has 1 amide bonds. The van der Waals surface area contributed by atoms with Crippen molar-refractivity contribution in [2.45, 2.75) is 56.3 Å². The van der Waals surface area contributed by atoms with Crippen molar-refractivity contribution in [3.05, 3.63) is 12.2 Å². The summed E-state index contributed by atoms with van der Waals surface area (Å²) in [5.74, 6) is -1.65. The number of nitriles is 1. The summed E-state index contributed by atoms with van der Waals surface area (Å²) in [5, 5.41) is 22.3. The van der Waals surface area contributed by atoms with Crippen LogP contribution in [0.3, 0.4) is 0 Å². The lowest BCUT2D eigenvalue weighted by Gasteiger charge is -2.54. The Morgan fingerprint density at radius 2 is 2.36 bits per heavy atom. The summed E-state index contributed by atoms with van der Waals surface area (Å²) in [6.07, 6.45) is 6.14. The molecular weight excluding hydrogens is 284 g/mol. The van der Waals surface area contributed by atoms with E-state index in [2.05, 4.69) is 5.32 Å². The first-order valence-corrected chi connectivity index (χ1v) is 7.74. The fraction of sp³-hybridized carbons (Fsp3) is 0.688. The number of carbonyl (C=O) groups is 2. The molecule has 22 heavy (non-hydrogen) atoms. The van der Waals surface area contributed by atoms with Gasteiger partial charge < -0.3 is 15.2 Å². The Hall–Kier alpha value is -1.87. The molecule has 2 aliphatic heterocycles. The number of rotatable bonds is 4. The first-order valence-electron chi connectivity index (χ1n) is 7.74. The normalized spacial score (nSPS) is 41.0. The number of allylic oxidation sites excluding steroid dienone is 1. The number of amides is 1. The van der Waals surface area contributed by atoms with Crippen LogP contribution in [-0.2, 0) is 14.3 Å². The minimum atomic E-state index is -1.38. The molecule has 0 saturated carbocycles. The molecule has 2 N–H and O–H groups in total. The second-order valence-electron chi connectivity index (χ2n) is 6.51. The molecule has 5 atom stereocenters. The smallest absolute Gasteiger partial charge is 0.339 e. The highest BCUT2D eigenvalue weighted by Crippen LogP contribution is 2.53. The second kappa shape index (κ2) is 5.10. The zero-order chi connectivity index (χ0) is 16.0. The molecular formula is C16H20N2O4. The van der Waals surface area contributed by atoms with Crippen LogP contribution in [0, 0.1) is 23.2 Å². The van der Waals surface area contributed by atoms with Gasteiger partial charge in [-0.1, -0.05) is 12.2 Å². The minimum Gasteiger partial charge on any atom is -0.453 e. The molecule has 3 rings (SSSR count). The third-order valence-electron chi connectivity index (χ3n) is 5.40. The number of fused-ring (bicyclic) bond motifs is 1. The summed E-state index contributed by atoms with van der Waals surface area (Å²) in [5.41, 5.74) is -2.46. The van der Waals surface area contributed by atoms with Crippen molar-refractivity contribution in [3.8, 4) is 6.07 Å². The number of hydrogen-bond donors (Lipinski definition) is 2. The molecule has 0 spiro atoms. The summed E-state index contributed by atoms with van der Waals surface area (Å²) >= 11 is 0. The van der Waals surface area contributed by atoms with Gasteiger partial charge in [0.05, 0.1) is 18.1 Å². The van der Waals surface area contributed by atoms with Crippen molar-refractivity contribution in [3.63, 3.8) is 0 Å². The van der Waals surface area contributed by atoms with Crippen molar-refractivity contribution in [2.24, 2.45) is 11.8 Å². The summed E-state index contributed by atoms with van der Waals surface area (Å²) < 4.78 is 5.33. The van der Waals surface area contributed by atoms with Crippen molar-refractivity contribution >= 4 is 11.9 Å². The highest BCUT2D eigenvalue weighted by atomic mass is 16.6. The van der Waals surface area contributed by atoms with Gasteiger partial charge in [0.2, 0.25) is 11.4 Å². The lowest BCUT2D eigenvalue weighted by Crippen LogP contribution is -2.80. The predicted molar refractivity (Wildman–Crippen MR) is 76.2 cm³/mol. The second-order valence-corrected chi connectivity index (χ2v) is 6.51. The van der Waals surface area contributed by atoms with Crippen LogP contribution in [0.25, 0.3) is 0 Å². The number of esters is 1. The fourth-order valence-electron chi connectivity index (χ4n) is 4.09. The Kier molecular flexibility index (Phi) is 3.48. The number of nitrogens with zero attached hydrogens (tertiary/aromatic N) is 1. The van der Waals surface area contributed by atoms with E-state index >= 15 is 0 Å². The fourth-order valence-corrected chi connectivity index (χ4v) is 4.09. The largest absolute Gasteiger partial charge is 0.453 e. The average molecular weight is 304 g/mol. The van der Waals surface area contributed by atoms with Gasteiger partial charge in [-0.05, 0) is 32.6 Å². The van der Waals surface area contributed by atoms with Crippen LogP contribution < -0.4 is 5.32 Å². The topological polar surface area (TPSA) is 99.4 Å². The number of aliphatic hydroxyl groups excluding tert-OH is 1. The van der Waals surface area contributed by atoms with Gasteiger partial charge in [0.15, 0.2) is 5.60 Å². The van der Waals surface area contributed by atoms with E-state index in [4.69, 9.17) is 10.00 Å². The summed E-state index contributed by atoms with van der Waals surface area (Å²) in [6.45, 7) is 1.68. The van der Waals surface area contributed by atoms with Crippen LogP contribution in [0.5, 0.6) is 0 Å². The first-order chi connectivity index (χ1) is 10.5. The molecule has 0 aromatic carbocycles. The van der Waals surface area contributed by atoms with E-state index in [1.54, 1.807) is 6.92 Å². The monoisotopic (exact) mass is 304 g/mol. The van der Waals surface area contributed by atoms with Gasteiger partial charge in [-0.3, -0.25) is 4.79 Å². The van der Waals surface area contributed by atoms with E-state index in [-0.39, 0.29) is 18.2 Å². The van der Waals surface area contributed by atoms with Gasteiger partial charge in [-0.15, -0.1) is 0 Å². The van der Waals surface area contributed by atoms with E-state index in [0.717, 1.165) is 19.3 Å². The van der Waals surface area contributed by atoms with Crippen molar-refractivity contribution in [1.29, 1.82) is 5.26 Å². The maximum Gasteiger partial charge on any atom is 0.339 e. The molecule has 0 unspecified atom stereocenters. The Morgan fingerprint density at radius 1 is 1.59 bits per heavy atom. The summed E-state index contributed by atoms with van der Waals surface area (Å²) in [7, 11) is 0. The number of carbonyl (C=O) groups excluding carboxylic acids is 2. The van der Waals surface area contributed by atoms with Gasteiger partial charge in [-0.2, -0.15) is 5.26 Å². The highest BCUT2D eigenvalue weighted by Gasteiger charge is 2.79. The number of nitrogens with one attached hydrogen (secondary N) is 1. The minimum absolute atomic E-state index is 0.170. The van der Waals surface area contributed by atoms with Crippen LogP contribution in [0.2, 0.25) is 0 Å². The van der Waals surface area contributed by atoms with E-state index in [9.17, 15) is 14.7 Å². The van der Waals surface area contributed by atoms with Crippen LogP contribution in [0.1, 0.15) is 39.0 Å². The molecule has 0 bridgehead atoms. The molecule has 1 aliphatic carbocycles. The van der Waals surface area contributed by atoms with Crippen molar-refractivity contribution < 1.29 is 19.4 Å². The van der Waals surface area contributed by atoms with Crippen LogP contribution in [0.15, 0.2) is 12.2 Å². The predicted octanol–water partition coefficient (Wildman–Crippen LogP) is 0.808. The number of aliphatic hydroxyl groups is 1. The van der Waals surface area contributed by atoms with E-state index in [0.29, 0.717) is 6.42 Å². The van der Waals surface area contributed by atoms with Gasteiger partial charge in [0.1, 0.15) is 0 Å². The Labute approximate surface area is 129 Å². The molecule has 0 aromatic rings. The standard InChI is InChI=1S/C16H20N2O4/c1-15-11(8-5-9-17)13(20)18-16(15,14(21)22-15)12(19)10-6-3-2-4-7-10/h3,6,10-12,19H,2,4-5,7-8H2,1H3,(H,18,20)/t10-,11+,12+,15+,16+/m1/s1. The molecule has 2 fully saturated rings. The lowest BCUT2D eigenvalue weighted by atomic mass is 9.64. The molecule has 0 aromatic heterocycles. The average Bonchev–Trinajstić information content (AvgIpc) is 2.69. The first kappa shape index (κ1) is 15.0. The molecule has 2 heterocycles. The van der Waals surface area contributed by atoms with Crippen LogP contribution in [0.4, 0.5) is 0 Å². The number of ether oxygens (including phenoxy) is 1. The van der Waals surface area contributed by atoms with E-state index < -0.39 is 29.1 Å². The molecule has 6 heteroatoms. The summed E-state index contributed by atoms with van der Waals surface area (Å²) in [6, 6.07) is 2.01. The maximum atomic E-state index is 12.3. The Bertz CT molecular complexity index is 581. The van der Waals surface area contributed by atoms with Crippen molar-refractivity contribution in [2.75, 3.05) is 0 Å². The van der Waals surface area contributed by atoms with Crippen LogP contribution >= 0.6 is 0 Å². The summed E-state index contributed by atoms with van der Waals surface area (Å²) in [4.78, 5) is 24.5. The highest BCUT2D eigenvalue weighted by molar-refractivity contribution is 6.01. The third-order valence-corrected chi connectivity index (χ3v) is 5.40. The molecule has 2 saturated heterocycles. The van der Waals surface area contributed by atoms with Crippen LogP contribution in [-0.4, -0.2) is 34.2 Å². The van der Waals surface area contributed by atoms with Gasteiger partial charge >= 0.3 is 5.97 Å². The SMILES string of the molecule is C[C@@]12OC(=O)[C@]1([C@@H](O)[C@@H]1C=CCCC1)NC(=O)[C@@H]2CCC#N. The molecule has 6 nitrogen and oxygen atoms in total. The number of hydrogen-bond acceptors (Lipinski definition) is 5. The van der Waals surface area contributed by atoms with Gasteiger partial charge in [0.25, 0.3) is 0 Å². The van der Waals surface area contributed by atoms with Crippen molar-refractivity contribution in [1.82, 2.24) is 5.32 Å². The third kappa shape index (κ3) is 1.75. The Balaban J connectivity index is 1.92. The zero-order valence-corrected chi connectivity index (χ0v) is 12.5. The van der Waals surface area contributed by atoms with Gasteiger partial charge in [-0.25, -0.2) is 4.79 Å². The van der Waals surface area contributed by atoms with Gasteiger partial charge in [0, 0.05) is 12.3 Å². The molecule has 0 radical (unpaired) electrons. The lowest BCUT2D eigenvalue weighted by molar-refractivity contribution is -0.238. The van der Waals surface area contributed by atoms with E-state index in [1.165, 1.54) is 0 Å². The zero-order valence-electron chi connectivity index (χ0n) is 12.5. The Morgan fingerprint density at radius 3 is 2.95 bits per heavy atom. The quantitative estimate of drug-likeness (QED) is 0.591. The maximum absolute atomic E-state index is 12.3.